The van der Waals surface area contributed by atoms with Gasteiger partial charge in [-0.1, -0.05) is 46.8 Å². The van der Waals surface area contributed by atoms with Gasteiger partial charge in [0, 0.05) is 16.4 Å². The maximum atomic E-state index is 11.6. The number of carboxylic acids is 1. The first-order chi connectivity index (χ1) is 12.0. The van der Waals surface area contributed by atoms with E-state index in [1.54, 1.807) is 18.2 Å². The van der Waals surface area contributed by atoms with Crippen molar-refractivity contribution in [2.24, 2.45) is 10.8 Å². The lowest BCUT2D eigenvalue weighted by Gasteiger charge is -2.61. The minimum absolute atomic E-state index is 0.231. The first-order valence-electron chi connectivity index (χ1n) is 8.49. The van der Waals surface area contributed by atoms with Crippen LogP contribution in [0.1, 0.15) is 46.6 Å². The summed E-state index contributed by atoms with van der Waals surface area (Å²) in [6.45, 7) is 10.8. The molecule has 2 aliphatic rings. The lowest BCUT2D eigenvalue weighted by molar-refractivity contribution is -0.626. The molecular weight excluding hydrogens is 340 g/mol. The summed E-state index contributed by atoms with van der Waals surface area (Å²) in [6.07, 6.45) is -0.704. The molecule has 0 amide bonds. The van der Waals surface area contributed by atoms with Crippen molar-refractivity contribution in [2.45, 2.75) is 52.4 Å². The second-order valence-corrected chi connectivity index (χ2v) is 8.46. The van der Waals surface area contributed by atoms with Crippen molar-refractivity contribution < 1.29 is 33.9 Å². The number of carboxylic acid groups (broad SMARTS) is 1. The van der Waals surface area contributed by atoms with Crippen LogP contribution >= 0.6 is 0 Å². The van der Waals surface area contributed by atoms with E-state index in [0.717, 1.165) is 0 Å². The Hall–Kier alpha value is -1.96. The van der Waals surface area contributed by atoms with Crippen LogP contribution in [-0.4, -0.2) is 29.3 Å². The molecule has 2 unspecified atom stereocenters. The van der Waals surface area contributed by atoms with E-state index in [1.165, 1.54) is 0 Å². The van der Waals surface area contributed by atoms with Crippen molar-refractivity contribution in [3.05, 3.63) is 29.8 Å². The van der Waals surface area contributed by atoms with Crippen LogP contribution in [0.5, 0.6) is 5.75 Å². The van der Waals surface area contributed by atoms with Crippen LogP contribution in [-0.2, 0) is 29.9 Å². The Kier molecular flexibility index (Phi) is 4.18. The lowest BCUT2D eigenvalue weighted by Crippen LogP contribution is -2.73. The van der Waals surface area contributed by atoms with Crippen molar-refractivity contribution in [1.82, 2.24) is 0 Å². The zero-order valence-electron chi connectivity index (χ0n) is 15.6. The van der Waals surface area contributed by atoms with Gasteiger partial charge in [-0.3, -0.25) is 9.59 Å². The number of esters is 1. The Morgan fingerprint density at radius 2 is 1.92 bits per heavy atom. The highest BCUT2D eigenvalue weighted by molar-refractivity contribution is 5.91. The summed E-state index contributed by atoms with van der Waals surface area (Å²) >= 11 is 0. The Morgan fingerprint density at radius 3 is 2.46 bits per heavy atom. The summed E-state index contributed by atoms with van der Waals surface area (Å²) in [4.78, 5) is 33.6. The van der Waals surface area contributed by atoms with Crippen molar-refractivity contribution in [2.75, 3.05) is 6.61 Å². The van der Waals surface area contributed by atoms with E-state index in [9.17, 15) is 9.59 Å². The van der Waals surface area contributed by atoms with Gasteiger partial charge in [0.1, 0.15) is 12.2 Å². The summed E-state index contributed by atoms with van der Waals surface area (Å²) in [6, 6.07) is 6.73. The van der Waals surface area contributed by atoms with Crippen LogP contribution in [0, 0.1) is 10.8 Å². The summed E-state index contributed by atoms with van der Waals surface area (Å²) in [7, 11) is 0. The molecule has 7 nitrogen and oxygen atoms in total. The van der Waals surface area contributed by atoms with E-state index in [1.807, 2.05) is 6.07 Å². The molecule has 2 heterocycles. The van der Waals surface area contributed by atoms with E-state index in [0.29, 0.717) is 12.2 Å². The second-order valence-electron chi connectivity index (χ2n) is 8.46. The molecule has 3 rings (SSSR count). The van der Waals surface area contributed by atoms with Crippen LogP contribution in [0.2, 0.25) is 0 Å². The standard InChI is InChI=1S/C19H24O7/c1-16(2,3)19-17(4,5)11-23-18(19,25-26-19)12-7-6-8-13(9-12)24-15(22)10-14(20)21/h6-9H,10-11H2,1-5H3,(H,20,21). The average Bonchev–Trinajstić information content (AvgIpc) is 2.60. The molecule has 1 aromatic carbocycles. The van der Waals surface area contributed by atoms with Gasteiger partial charge in [0.15, 0.2) is 5.60 Å². The third-order valence-electron chi connectivity index (χ3n) is 5.13. The van der Waals surface area contributed by atoms with Crippen LogP contribution in [0.3, 0.4) is 0 Å². The maximum Gasteiger partial charge on any atom is 0.322 e. The Morgan fingerprint density at radius 1 is 1.23 bits per heavy atom. The molecule has 7 heteroatoms. The molecule has 0 aromatic heterocycles. The minimum atomic E-state index is -1.24. The number of benzene rings is 1. The summed E-state index contributed by atoms with van der Waals surface area (Å²) in [5.74, 6) is -2.97. The van der Waals surface area contributed by atoms with E-state index in [2.05, 4.69) is 34.6 Å². The van der Waals surface area contributed by atoms with Gasteiger partial charge in [-0.05, 0) is 12.1 Å². The summed E-state index contributed by atoms with van der Waals surface area (Å²) in [5, 5.41) is 8.70. The molecule has 2 atom stereocenters. The first kappa shape index (κ1) is 18.8. The van der Waals surface area contributed by atoms with Gasteiger partial charge in [-0.2, -0.15) is 4.89 Å². The Labute approximate surface area is 152 Å². The highest BCUT2D eigenvalue weighted by atomic mass is 17.3. The van der Waals surface area contributed by atoms with Crippen molar-refractivity contribution in [1.29, 1.82) is 0 Å². The maximum absolute atomic E-state index is 11.6. The van der Waals surface area contributed by atoms with Crippen LogP contribution in [0.15, 0.2) is 24.3 Å². The predicted octanol–water partition coefficient (Wildman–Crippen LogP) is 3.02. The Bertz CT molecular complexity index is 748. The molecule has 2 saturated heterocycles. The highest BCUT2D eigenvalue weighted by Crippen LogP contribution is 2.69. The van der Waals surface area contributed by atoms with Crippen molar-refractivity contribution in [3.8, 4) is 5.75 Å². The number of ether oxygens (including phenoxy) is 2. The topological polar surface area (TPSA) is 91.3 Å². The molecule has 0 bridgehead atoms. The Balaban J connectivity index is 1.98. The summed E-state index contributed by atoms with van der Waals surface area (Å²) in [5.41, 5.74) is -0.706. The number of rotatable bonds is 4. The van der Waals surface area contributed by atoms with E-state index < -0.39 is 29.7 Å². The number of hydrogen-bond donors (Lipinski definition) is 1. The number of carbonyl (C=O) groups excluding carboxylic acids is 1. The zero-order valence-corrected chi connectivity index (χ0v) is 15.6. The number of aliphatic carboxylic acids is 1. The molecule has 2 fully saturated rings. The van der Waals surface area contributed by atoms with Crippen molar-refractivity contribution in [3.63, 3.8) is 0 Å². The molecule has 0 aliphatic carbocycles. The number of hydrogen-bond acceptors (Lipinski definition) is 6. The van der Waals surface area contributed by atoms with Crippen LogP contribution in [0.25, 0.3) is 0 Å². The van der Waals surface area contributed by atoms with Gasteiger partial charge in [-0.25, -0.2) is 4.89 Å². The third-order valence-corrected chi connectivity index (χ3v) is 5.13. The number of carbonyl (C=O) groups is 2. The zero-order chi connectivity index (χ0) is 19.4. The van der Waals surface area contributed by atoms with Gasteiger partial charge in [0.2, 0.25) is 0 Å². The lowest BCUT2D eigenvalue weighted by atomic mass is 9.57. The average molecular weight is 364 g/mol. The van der Waals surface area contributed by atoms with E-state index >= 15 is 0 Å². The van der Waals surface area contributed by atoms with Gasteiger partial charge >= 0.3 is 11.9 Å². The van der Waals surface area contributed by atoms with Crippen LogP contribution in [0.4, 0.5) is 0 Å². The van der Waals surface area contributed by atoms with E-state index in [-0.39, 0.29) is 16.6 Å². The molecule has 0 saturated carbocycles. The van der Waals surface area contributed by atoms with Crippen molar-refractivity contribution >= 4 is 11.9 Å². The monoisotopic (exact) mass is 364 g/mol. The van der Waals surface area contributed by atoms with Gasteiger partial charge in [0.25, 0.3) is 5.79 Å². The highest BCUT2D eigenvalue weighted by Gasteiger charge is 2.81. The fraction of sp³-hybridized carbons (Fsp3) is 0.579. The predicted molar refractivity (Wildman–Crippen MR) is 90.1 cm³/mol. The van der Waals surface area contributed by atoms with E-state index in [4.69, 9.17) is 24.4 Å². The first-order valence-corrected chi connectivity index (χ1v) is 8.49. The quantitative estimate of drug-likeness (QED) is 0.380. The molecule has 26 heavy (non-hydrogen) atoms. The molecule has 1 N–H and O–H groups in total. The summed E-state index contributed by atoms with van der Waals surface area (Å²) < 4.78 is 11.2. The molecule has 0 spiro atoms. The largest absolute Gasteiger partial charge is 0.481 e. The normalized spacial score (nSPS) is 29.6. The van der Waals surface area contributed by atoms with Gasteiger partial charge in [-0.15, -0.1) is 0 Å². The molecule has 0 radical (unpaired) electrons. The molecule has 1 aromatic rings. The molecule has 2 aliphatic heterocycles. The third kappa shape index (κ3) is 2.46. The van der Waals surface area contributed by atoms with Crippen LogP contribution < -0.4 is 4.74 Å². The molecular formula is C19H24O7. The fourth-order valence-electron chi connectivity index (χ4n) is 4.29. The van der Waals surface area contributed by atoms with Gasteiger partial charge in [0.05, 0.1) is 6.61 Å². The smallest absolute Gasteiger partial charge is 0.322 e. The minimum Gasteiger partial charge on any atom is -0.481 e. The number of fused-ring (bicyclic) bond motifs is 1. The van der Waals surface area contributed by atoms with Gasteiger partial charge < -0.3 is 14.6 Å². The fourth-order valence-corrected chi connectivity index (χ4v) is 4.29. The second kappa shape index (κ2) is 5.77. The molecule has 142 valence electrons. The SMILES string of the molecule is CC(C)(C)C12OOC1(c1cccc(OC(=O)CC(=O)O)c1)OCC2(C)C.